The van der Waals surface area contributed by atoms with Crippen molar-refractivity contribution in [2.24, 2.45) is 0 Å². The monoisotopic (exact) mass is 367 g/mol. The number of aromatic nitrogens is 2. The molecule has 1 aliphatic rings. The van der Waals surface area contributed by atoms with Gasteiger partial charge in [-0.3, -0.25) is 9.88 Å². The molecule has 1 saturated heterocycles. The summed E-state index contributed by atoms with van der Waals surface area (Å²) in [5.41, 5.74) is -0.642. The van der Waals surface area contributed by atoms with Crippen LogP contribution < -0.4 is 15.7 Å². The average molecular weight is 368 g/mol. The summed E-state index contributed by atoms with van der Waals surface area (Å²) in [4.78, 5) is 27.6. The molecule has 25 heavy (non-hydrogen) atoms. The summed E-state index contributed by atoms with van der Waals surface area (Å²) in [6.07, 6.45) is -0.856. The molecular formula is C15H14ClN3O6. The van der Waals surface area contributed by atoms with E-state index in [0.717, 1.165) is 0 Å². The Morgan fingerprint density at radius 1 is 1.40 bits per heavy atom. The Morgan fingerprint density at radius 2 is 2.16 bits per heavy atom. The number of halogens is 1. The van der Waals surface area contributed by atoms with Gasteiger partial charge < -0.3 is 19.3 Å². The van der Waals surface area contributed by atoms with E-state index in [9.17, 15) is 9.59 Å². The molecule has 2 heterocycles. The molecule has 3 rings (SSSR count). The van der Waals surface area contributed by atoms with Crippen LogP contribution >= 0.6 is 11.6 Å². The number of hydrogen-bond acceptors (Lipinski definition) is 7. The predicted octanol–water partition coefficient (Wildman–Crippen LogP) is 1.37. The van der Waals surface area contributed by atoms with Crippen molar-refractivity contribution < 1.29 is 24.1 Å². The molecule has 1 fully saturated rings. The lowest BCUT2D eigenvalue weighted by molar-refractivity contribution is -0.0992. The number of ether oxygens (including phenoxy) is 3. The normalized spacial score (nSPS) is 19.6. The van der Waals surface area contributed by atoms with Crippen molar-refractivity contribution in [2.75, 3.05) is 18.5 Å². The van der Waals surface area contributed by atoms with Gasteiger partial charge >= 0.3 is 11.8 Å². The number of hydrogen-bond donors (Lipinski definition) is 2. The third-order valence-corrected chi connectivity index (χ3v) is 3.53. The molecule has 0 bridgehead atoms. The Labute approximate surface area is 146 Å². The number of amides is 1. The second-order valence-corrected chi connectivity index (χ2v) is 5.44. The minimum Gasteiger partial charge on any atom is -0.410 e. The zero-order valence-corrected chi connectivity index (χ0v) is 13.5. The smallest absolute Gasteiger partial charge is 0.410 e. The molecule has 1 aromatic carbocycles. The molecule has 0 spiro atoms. The Balaban J connectivity index is 1.63. The summed E-state index contributed by atoms with van der Waals surface area (Å²) in [6.45, 7) is -0.201. The van der Waals surface area contributed by atoms with Gasteiger partial charge in [-0.05, 0) is 30.3 Å². The van der Waals surface area contributed by atoms with E-state index in [4.69, 9.17) is 30.9 Å². The van der Waals surface area contributed by atoms with Gasteiger partial charge in [-0.2, -0.15) is 4.98 Å². The van der Waals surface area contributed by atoms with Crippen LogP contribution in [0.5, 0.6) is 5.75 Å². The lowest BCUT2D eigenvalue weighted by Crippen LogP contribution is -2.29. The van der Waals surface area contributed by atoms with Crippen LogP contribution in [0.2, 0.25) is 5.02 Å². The van der Waals surface area contributed by atoms with E-state index in [-0.39, 0.29) is 19.0 Å². The van der Waals surface area contributed by atoms with Crippen molar-refractivity contribution in [3.63, 3.8) is 0 Å². The fraction of sp³-hybridized carbons (Fsp3) is 0.267. The lowest BCUT2D eigenvalue weighted by atomic mass is 10.3. The summed E-state index contributed by atoms with van der Waals surface area (Å²) < 4.78 is 16.7. The highest BCUT2D eigenvalue weighted by Gasteiger charge is 2.27. The Hall–Kier alpha value is -2.46. The summed E-state index contributed by atoms with van der Waals surface area (Å²) in [5.74, 6) is 0.319. The number of rotatable bonds is 4. The quantitative estimate of drug-likeness (QED) is 0.839. The molecule has 0 radical (unpaired) electrons. The lowest BCUT2D eigenvalue weighted by Gasteiger charge is -2.12. The number of aliphatic hydroxyl groups excluding tert-OH is 1. The molecule has 10 heteroatoms. The van der Waals surface area contributed by atoms with E-state index >= 15 is 0 Å². The van der Waals surface area contributed by atoms with Crippen LogP contribution in [-0.2, 0) is 9.47 Å². The highest BCUT2D eigenvalue weighted by atomic mass is 35.5. The summed E-state index contributed by atoms with van der Waals surface area (Å²) in [7, 11) is 0. The predicted molar refractivity (Wildman–Crippen MR) is 86.5 cm³/mol. The largest absolute Gasteiger partial charge is 0.418 e. The van der Waals surface area contributed by atoms with Gasteiger partial charge in [0.2, 0.25) is 0 Å². The second kappa shape index (κ2) is 7.62. The van der Waals surface area contributed by atoms with E-state index in [1.807, 2.05) is 0 Å². The van der Waals surface area contributed by atoms with E-state index in [1.165, 1.54) is 29.0 Å². The zero-order valence-electron chi connectivity index (χ0n) is 12.8. The van der Waals surface area contributed by atoms with Crippen LogP contribution in [0.4, 0.5) is 10.6 Å². The van der Waals surface area contributed by atoms with Gasteiger partial charge in [-0.25, -0.2) is 9.59 Å². The first kappa shape index (κ1) is 17.4. The van der Waals surface area contributed by atoms with Crippen molar-refractivity contribution in [1.29, 1.82) is 0 Å². The molecule has 9 nitrogen and oxygen atoms in total. The van der Waals surface area contributed by atoms with Crippen LogP contribution in [0.3, 0.4) is 0 Å². The maximum atomic E-state index is 12.0. The van der Waals surface area contributed by atoms with Crippen molar-refractivity contribution in [2.45, 2.75) is 12.5 Å². The average Bonchev–Trinajstić information content (AvgIpc) is 3.06. The minimum atomic E-state index is -0.798. The first-order chi connectivity index (χ1) is 12.0. The minimum absolute atomic E-state index is 0.0258. The highest BCUT2D eigenvalue weighted by Crippen LogP contribution is 2.19. The maximum Gasteiger partial charge on any atom is 0.418 e. The molecule has 1 amide bonds. The van der Waals surface area contributed by atoms with Gasteiger partial charge in [0.15, 0.2) is 12.5 Å². The van der Waals surface area contributed by atoms with Crippen molar-refractivity contribution in [3.05, 3.63) is 52.0 Å². The number of anilines is 1. The molecule has 132 valence electrons. The second-order valence-electron chi connectivity index (χ2n) is 5.01. The van der Waals surface area contributed by atoms with Crippen LogP contribution in [0.15, 0.2) is 41.3 Å². The molecule has 0 saturated carbocycles. The fourth-order valence-electron chi connectivity index (χ4n) is 2.13. The SMILES string of the molecule is O=C(Nc1ccn([C@@H]2CO[C@H](CO)O2)c(=O)n1)Oc1ccc(Cl)cc1. The molecule has 1 aliphatic heterocycles. The van der Waals surface area contributed by atoms with E-state index in [1.54, 1.807) is 12.1 Å². The fourth-order valence-corrected chi connectivity index (χ4v) is 2.25. The van der Waals surface area contributed by atoms with Crippen molar-refractivity contribution in [3.8, 4) is 5.75 Å². The van der Waals surface area contributed by atoms with Crippen LogP contribution in [0.25, 0.3) is 0 Å². The standard InChI is InChI=1S/C15H14ClN3O6/c16-9-1-3-10(4-2-9)24-15(22)18-11-5-6-19(14(21)17-11)12-8-23-13(7-20)25-12/h1-6,12-13,20H,7-8H2,(H,17,18,21,22)/t12-,13-/m0/s1. The van der Waals surface area contributed by atoms with Crippen LogP contribution in [0, 0.1) is 0 Å². The van der Waals surface area contributed by atoms with Crippen molar-refractivity contribution in [1.82, 2.24) is 9.55 Å². The van der Waals surface area contributed by atoms with E-state index < -0.39 is 24.3 Å². The Morgan fingerprint density at radius 3 is 2.80 bits per heavy atom. The number of carbonyl (C=O) groups is 1. The molecule has 2 atom stereocenters. The Kier molecular flexibility index (Phi) is 5.29. The van der Waals surface area contributed by atoms with Gasteiger partial charge in [0.25, 0.3) is 0 Å². The summed E-state index contributed by atoms with van der Waals surface area (Å²) >= 11 is 5.75. The molecule has 0 aliphatic carbocycles. The van der Waals surface area contributed by atoms with Crippen LogP contribution in [0.1, 0.15) is 6.23 Å². The van der Waals surface area contributed by atoms with Crippen LogP contribution in [-0.4, -0.2) is 40.3 Å². The number of nitrogens with one attached hydrogen (secondary N) is 1. The van der Waals surface area contributed by atoms with E-state index in [0.29, 0.717) is 10.8 Å². The molecule has 1 aromatic heterocycles. The van der Waals surface area contributed by atoms with Gasteiger partial charge in [-0.1, -0.05) is 11.6 Å². The Bertz CT molecular complexity index is 810. The first-order valence-electron chi connectivity index (χ1n) is 7.26. The maximum absolute atomic E-state index is 12.0. The number of carbonyl (C=O) groups excluding carboxylic acids is 1. The number of aliphatic hydroxyl groups is 1. The molecule has 0 unspecified atom stereocenters. The summed E-state index contributed by atoms with van der Waals surface area (Å²) in [6, 6.07) is 7.63. The third kappa shape index (κ3) is 4.34. The topological polar surface area (TPSA) is 112 Å². The van der Waals surface area contributed by atoms with Gasteiger partial charge in [0.05, 0.1) is 13.2 Å². The van der Waals surface area contributed by atoms with Crippen molar-refractivity contribution >= 4 is 23.5 Å². The number of benzene rings is 1. The van der Waals surface area contributed by atoms with Gasteiger partial charge in [-0.15, -0.1) is 0 Å². The first-order valence-corrected chi connectivity index (χ1v) is 7.64. The van der Waals surface area contributed by atoms with E-state index in [2.05, 4.69) is 10.3 Å². The highest BCUT2D eigenvalue weighted by molar-refractivity contribution is 6.30. The molecular weight excluding hydrogens is 354 g/mol. The van der Waals surface area contributed by atoms with Gasteiger partial charge in [0.1, 0.15) is 11.6 Å². The third-order valence-electron chi connectivity index (χ3n) is 3.28. The number of nitrogens with zero attached hydrogens (tertiary/aromatic N) is 2. The molecule has 2 N–H and O–H groups in total. The van der Waals surface area contributed by atoms with Gasteiger partial charge in [0, 0.05) is 11.2 Å². The molecule has 2 aromatic rings. The summed E-state index contributed by atoms with van der Waals surface area (Å²) in [5, 5.41) is 11.8. The zero-order chi connectivity index (χ0) is 17.8.